The van der Waals surface area contributed by atoms with Crippen LogP contribution < -0.4 is 5.32 Å². The van der Waals surface area contributed by atoms with E-state index in [0.717, 1.165) is 5.69 Å². The number of nitrogens with one attached hydrogen (secondary N) is 1. The Kier molecular flexibility index (Phi) is 2.44. The molecule has 3 heterocycles. The highest BCUT2D eigenvalue weighted by molar-refractivity contribution is 6.06. The fourth-order valence-corrected chi connectivity index (χ4v) is 3.25. The van der Waals surface area contributed by atoms with Gasteiger partial charge < -0.3 is 10.1 Å². The molecule has 2 unspecified atom stereocenters. The second kappa shape index (κ2) is 4.18. The number of carbonyl (C=O) groups excluding carboxylic acids is 2. The molecule has 2 saturated heterocycles. The molecule has 2 bridgehead atoms. The molecule has 4 atom stereocenters. The van der Waals surface area contributed by atoms with Crippen molar-refractivity contribution in [1.29, 1.82) is 0 Å². The summed E-state index contributed by atoms with van der Waals surface area (Å²) in [6, 6.07) is 9.54. The Labute approximate surface area is 116 Å². The van der Waals surface area contributed by atoms with Gasteiger partial charge in [-0.1, -0.05) is 30.4 Å². The molecule has 3 aliphatic rings. The van der Waals surface area contributed by atoms with Gasteiger partial charge in [0.05, 0.1) is 30.7 Å². The van der Waals surface area contributed by atoms with Crippen LogP contribution in [0.5, 0.6) is 0 Å². The van der Waals surface area contributed by atoms with Crippen LogP contribution in [0, 0.1) is 11.8 Å². The zero-order valence-corrected chi connectivity index (χ0v) is 10.7. The van der Waals surface area contributed by atoms with E-state index in [1.54, 1.807) is 0 Å². The van der Waals surface area contributed by atoms with Gasteiger partial charge in [-0.3, -0.25) is 14.5 Å². The summed E-state index contributed by atoms with van der Waals surface area (Å²) in [6.07, 6.45) is 3.35. The number of likely N-dealkylation sites (tertiary alicyclic amines) is 1. The highest BCUT2D eigenvalue weighted by Gasteiger charge is 2.60. The lowest BCUT2D eigenvalue weighted by atomic mass is 9.85. The number of hydrogen-bond acceptors (Lipinski definition) is 4. The van der Waals surface area contributed by atoms with E-state index in [9.17, 15) is 9.59 Å². The lowest BCUT2D eigenvalue weighted by Crippen LogP contribution is -2.38. The average Bonchev–Trinajstić information content (AvgIpc) is 3.13. The summed E-state index contributed by atoms with van der Waals surface area (Å²) < 4.78 is 5.59. The molecule has 0 aromatic heterocycles. The van der Waals surface area contributed by atoms with Crippen LogP contribution in [0.15, 0.2) is 42.5 Å². The van der Waals surface area contributed by atoms with Gasteiger partial charge in [0.15, 0.2) is 0 Å². The summed E-state index contributed by atoms with van der Waals surface area (Å²) in [4.78, 5) is 26.0. The van der Waals surface area contributed by atoms with Crippen LogP contribution in [0.4, 0.5) is 5.69 Å². The molecule has 0 radical (unpaired) electrons. The number of benzene rings is 1. The predicted octanol–water partition coefficient (Wildman–Crippen LogP) is 0.994. The third-order valence-electron chi connectivity index (χ3n) is 4.22. The first kappa shape index (κ1) is 11.7. The molecule has 5 heteroatoms. The van der Waals surface area contributed by atoms with Crippen molar-refractivity contribution in [2.75, 3.05) is 12.0 Å². The Balaban J connectivity index is 1.51. The zero-order valence-electron chi connectivity index (χ0n) is 10.7. The monoisotopic (exact) mass is 270 g/mol. The van der Waals surface area contributed by atoms with Gasteiger partial charge in [-0.15, -0.1) is 0 Å². The van der Waals surface area contributed by atoms with Crippen LogP contribution in [0.25, 0.3) is 0 Å². The Hall–Kier alpha value is -2.14. The van der Waals surface area contributed by atoms with Crippen LogP contribution in [-0.4, -0.2) is 35.6 Å². The Morgan fingerprint density at radius 3 is 2.20 bits per heavy atom. The van der Waals surface area contributed by atoms with Crippen LogP contribution in [0.3, 0.4) is 0 Å². The number of fused-ring (bicyclic) bond motifs is 5. The summed E-state index contributed by atoms with van der Waals surface area (Å²) in [6.45, 7) is 0.216. The number of amides is 2. The van der Waals surface area contributed by atoms with E-state index >= 15 is 0 Å². The molecule has 1 aromatic carbocycles. The van der Waals surface area contributed by atoms with E-state index in [0.29, 0.717) is 0 Å². The van der Waals surface area contributed by atoms with Crippen molar-refractivity contribution >= 4 is 17.5 Å². The van der Waals surface area contributed by atoms with E-state index in [1.165, 1.54) is 4.90 Å². The Morgan fingerprint density at radius 1 is 1.00 bits per heavy atom. The lowest BCUT2D eigenvalue weighted by Gasteiger charge is -2.18. The molecule has 2 amide bonds. The molecular formula is C15H14N2O3. The minimum Gasteiger partial charge on any atom is -0.367 e. The average molecular weight is 270 g/mol. The van der Waals surface area contributed by atoms with Crippen molar-refractivity contribution < 1.29 is 14.3 Å². The maximum atomic E-state index is 12.4. The first-order valence-corrected chi connectivity index (χ1v) is 6.73. The number of rotatable bonds is 3. The third-order valence-corrected chi connectivity index (χ3v) is 4.22. The van der Waals surface area contributed by atoms with Gasteiger partial charge in [0.25, 0.3) is 0 Å². The largest absolute Gasteiger partial charge is 0.367 e. The fourth-order valence-electron chi connectivity index (χ4n) is 3.25. The fraction of sp³-hybridized carbons (Fsp3) is 0.333. The SMILES string of the molecule is O=C1[C@@H]2C3C=CC(O3)[C@H]2C(=O)N1CNc1ccccc1. The van der Waals surface area contributed by atoms with Crippen LogP contribution in [0.1, 0.15) is 0 Å². The van der Waals surface area contributed by atoms with Gasteiger partial charge in [0.2, 0.25) is 11.8 Å². The van der Waals surface area contributed by atoms with E-state index in [-0.39, 0.29) is 42.5 Å². The molecule has 3 aliphatic heterocycles. The smallest absolute Gasteiger partial charge is 0.237 e. The maximum absolute atomic E-state index is 12.4. The molecular weight excluding hydrogens is 256 g/mol. The predicted molar refractivity (Wildman–Crippen MR) is 71.6 cm³/mol. The van der Waals surface area contributed by atoms with Crippen molar-refractivity contribution in [3.05, 3.63) is 42.5 Å². The summed E-state index contributed by atoms with van der Waals surface area (Å²) in [5.74, 6) is -0.897. The number of imide groups is 1. The molecule has 5 nitrogen and oxygen atoms in total. The first-order chi connectivity index (χ1) is 9.75. The molecule has 0 spiro atoms. The van der Waals surface area contributed by atoms with E-state index < -0.39 is 0 Å². The lowest BCUT2D eigenvalue weighted by molar-refractivity contribution is -0.141. The molecule has 2 fully saturated rings. The van der Waals surface area contributed by atoms with Crippen LogP contribution in [0.2, 0.25) is 0 Å². The second-order valence-electron chi connectivity index (χ2n) is 5.31. The molecule has 0 aliphatic carbocycles. The molecule has 4 rings (SSSR count). The van der Waals surface area contributed by atoms with Crippen molar-refractivity contribution in [2.45, 2.75) is 12.2 Å². The maximum Gasteiger partial charge on any atom is 0.237 e. The zero-order chi connectivity index (χ0) is 13.7. The Morgan fingerprint density at radius 2 is 1.60 bits per heavy atom. The normalized spacial score (nSPS) is 33.9. The number of ether oxygens (including phenoxy) is 1. The highest BCUT2D eigenvalue weighted by Crippen LogP contribution is 2.44. The van der Waals surface area contributed by atoms with Gasteiger partial charge >= 0.3 is 0 Å². The molecule has 102 valence electrons. The molecule has 0 saturated carbocycles. The highest BCUT2D eigenvalue weighted by atomic mass is 16.5. The van der Waals surface area contributed by atoms with Gasteiger partial charge in [-0.25, -0.2) is 0 Å². The molecule has 1 N–H and O–H groups in total. The van der Waals surface area contributed by atoms with Crippen LogP contribution in [-0.2, 0) is 14.3 Å². The van der Waals surface area contributed by atoms with E-state index in [2.05, 4.69) is 5.32 Å². The summed E-state index contributed by atoms with van der Waals surface area (Å²) in [5, 5.41) is 3.11. The van der Waals surface area contributed by atoms with Crippen molar-refractivity contribution in [1.82, 2.24) is 4.90 Å². The molecule has 1 aromatic rings. The summed E-state index contributed by atoms with van der Waals surface area (Å²) >= 11 is 0. The first-order valence-electron chi connectivity index (χ1n) is 6.73. The third kappa shape index (κ3) is 1.53. The summed E-state index contributed by atoms with van der Waals surface area (Å²) in [7, 11) is 0. The minimum atomic E-state index is -0.324. The molecule has 20 heavy (non-hydrogen) atoms. The minimum absolute atomic E-state index is 0.125. The van der Waals surface area contributed by atoms with Crippen molar-refractivity contribution in [2.24, 2.45) is 11.8 Å². The quantitative estimate of drug-likeness (QED) is 0.657. The number of nitrogens with zero attached hydrogens (tertiary/aromatic N) is 1. The number of carbonyl (C=O) groups is 2. The number of anilines is 1. The van der Waals surface area contributed by atoms with Crippen molar-refractivity contribution in [3.8, 4) is 0 Å². The second-order valence-corrected chi connectivity index (χ2v) is 5.31. The number of para-hydroxylation sites is 1. The summed E-state index contributed by atoms with van der Waals surface area (Å²) in [5.41, 5.74) is 0.891. The van der Waals surface area contributed by atoms with Gasteiger partial charge in [-0.05, 0) is 12.1 Å². The van der Waals surface area contributed by atoms with Crippen molar-refractivity contribution in [3.63, 3.8) is 0 Å². The van der Waals surface area contributed by atoms with Crippen LogP contribution >= 0.6 is 0 Å². The Bertz CT molecular complexity index is 568. The van der Waals surface area contributed by atoms with E-state index in [1.807, 2.05) is 42.5 Å². The van der Waals surface area contributed by atoms with Gasteiger partial charge in [0.1, 0.15) is 0 Å². The topological polar surface area (TPSA) is 58.6 Å². The number of hydrogen-bond donors (Lipinski definition) is 1. The van der Waals surface area contributed by atoms with Gasteiger partial charge in [0, 0.05) is 5.69 Å². The van der Waals surface area contributed by atoms with E-state index in [4.69, 9.17) is 4.74 Å². The standard InChI is InChI=1S/C15H14N2O3/c18-14-12-10-6-7-11(20-10)13(12)15(19)17(14)8-16-9-4-2-1-3-5-9/h1-7,10-13,16H,8H2/t10?,11?,12-,13-/m1/s1. The van der Waals surface area contributed by atoms with Gasteiger partial charge in [-0.2, -0.15) is 0 Å².